The zero-order chi connectivity index (χ0) is 26.5. The van der Waals surface area contributed by atoms with E-state index in [2.05, 4.69) is 5.32 Å². The molecule has 38 heavy (non-hydrogen) atoms. The van der Waals surface area contributed by atoms with Crippen LogP contribution >= 0.6 is 11.3 Å². The SMILES string of the molecule is O=C(COC(=O)c1ccc(N2C(=O)CC(NCc3cccs3)C2=O)cc1)c1ccc(-c2ccccc2)cc1. The lowest BCUT2D eigenvalue weighted by Crippen LogP contribution is -2.38. The number of hydrogen-bond donors (Lipinski definition) is 1. The lowest BCUT2D eigenvalue weighted by Gasteiger charge is -2.16. The van der Waals surface area contributed by atoms with E-state index >= 15 is 0 Å². The maximum absolute atomic E-state index is 12.8. The first kappa shape index (κ1) is 25.3. The summed E-state index contributed by atoms with van der Waals surface area (Å²) < 4.78 is 5.21. The third kappa shape index (κ3) is 5.61. The van der Waals surface area contributed by atoms with E-state index < -0.39 is 18.6 Å². The second-order valence-electron chi connectivity index (χ2n) is 8.77. The van der Waals surface area contributed by atoms with Gasteiger partial charge in [-0.15, -0.1) is 11.3 Å². The quantitative estimate of drug-likeness (QED) is 0.191. The molecule has 2 amide bonds. The summed E-state index contributed by atoms with van der Waals surface area (Å²) in [5.74, 6) is -1.62. The molecule has 1 unspecified atom stereocenters. The predicted molar refractivity (Wildman–Crippen MR) is 145 cm³/mol. The minimum atomic E-state index is -0.666. The molecular weight excluding hydrogens is 500 g/mol. The van der Waals surface area contributed by atoms with Gasteiger partial charge in [-0.3, -0.25) is 14.4 Å². The van der Waals surface area contributed by atoms with Crippen molar-refractivity contribution in [3.05, 3.63) is 112 Å². The number of nitrogens with zero attached hydrogens (tertiary/aromatic N) is 1. The number of anilines is 1. The molecule has 1 aliphatic heterocycles. The van der Waals surface area contributed by atoms with E-state index in [1.807, 2.05) is 60.0 Å². The summed E-state index contributed by atoms with van der Waals surface area (Å²) >= 11 is 1.58. The number of hydrogen-bond acceptors (Lipinski definition) is 7. The average Bonchev–Trinajstić information content (AvgIpc) is 3.58. The Morgan fingerprint density at radius 1 is 0.842 bits per heavy atom. The Kier molecular flexibility index (Phi) is 7.53. The highest BCUT2D eigenvalue weighted by Crippen LogP contribution is 2.24. The first-order valence-corrected chi connectivity index (χ1v) is 13.0. The summed E-state index contributed by atoms with van der Waals surface area (Å²) in [7, 11) is 0. The van der Waals surface area contributed by atoms with Crippen molar-refractivity contribution in [1.82, 2.24) is 5.32 Å². The molecule has 8 heteroatoms. The van der Waals surface area contributed by atoms with Gasteiger partial charge in [0, 0.05) is 17.0 Å². The fourth-order valence-corrected chi connectivity index (χ4v) is 4.88. The number of imide groups is 1. The fourth-order valence-electron chi connectivity index (χ4n) is 4.22. The van der Waals surface area contributed by atoms with E-state index in [1.54, 1.807) is 23.5 Å². The van der Waals surface area contributed by atoms with Crippen LogP contribution in [-0.2, 0) is 20.9 Å². The molecule has 0 spiro atoms. The number of esters is 1. The predicted octanol–water partition coefficient (Wildman–Crippen LogP) is 4.88. The van der Waals surface area contributed by atoms with Gasteiger partial charge in [-0.2, -0.15) is 0 Å². The Morgan fingerprint density at radius 3 is 2.21 bits per heavy atom. The molecule has 3 aromatic carbocycles. The lowest BCUT2D eigenvalue weighted by molar-refractivity contribution is -0.121. The minimum Gasteiger partial charge on any atom is -0.454 e. The second kappa shape index (κ2) is 11.3. The molecule has 4 aromatic rings. The van der Waals surface area contributed by atoms with Crippen molar-refractivity contribution < 1.29 is 23.9 Å². The first-order valence-electron chi connectivity index (χ1n) is 12.1. The van der Waals surface area contributed by atoms with Crippen LogP contribution in [0.2, 0.25) is 0 Å². The summed E-state index contributed by atoms with van der Waals surface area (Å²) in [6.45, 7) is 0.113. The average molecular weight is 525 g/mol. The van der Waals surface area contributed by atoms with Crippen molar-refractivity contribution in [2.75, 3.05) is 11.5 Å². The monoisotopic (exact) mass is 524 g/mol. The Morgan fingerprint density at radius 2 is 1.53 bits per heavy atom. The molecule has 0 bridgehead atoms. The molecule has 0 aliphatic carbocycles. The van der Waals surface area contributed by atoms with Crippen LogP contribution in [0, 0.1) is 0 Å². The molecule has 1 saturated heterocycles. The van der Waals surface area contributed by atoms with Crippen LogP contribution in [0.4, 0.5) is 5.69 Å². The largest absolute Gasteiger partial charge is 0.454 e. The second-order valence-corrected chi connectivity index (χ2v) is 9.81. The molecule has 1 atom stereocenters. The van der Waals surface area contributed by atoms with Crippen molar-refractivity contribution in [2.24, 2.45) is 0 Å². The summed E-state index contributed by atoms with van der Waals surface area (Å²) in [6.07, 6.45) is 0.0719. The maximum atomic E-state index is 12.8. The van der Waals surface area contributed by atoms with E-state index in [-0.39, 0.29) is 29.6 Å². The number of ether oxygens (including phenoxy) is 1. The number of carbonyl (C=O) groups excluding carboxylic acids is 4. The number of nitrogens with one attached hydrogen (secondary N) is 1. The third-order valence-corrected chi connectivity index (χ3v) is 7.14. The highest BCUT2D eigenvalue weighted by molar-refractivity contribution is 7.09. The van der Waals surface area contributed by atoms with Gasteiger partial charge in [-0.25, -0.2) is 9.69 Å². The molecule has 1 aliphatic rings. The van der Waals surface area contributed by atoms with E-state index in [0.29, 0.717) is 17.8 Å². The van der Waals surface area contributed by atoms with E-state index in [1.165, 1.54) is 24.3 Å². The number of benzene rings is 3. The van der Waals surface area contributed by atoms with Crippen molar-refractivity contribution in [3.63, 3.8) is 0 Å². The van der Waals surface area contributed by atoms with Crippen molar-refractivity contribution in [3.8, 4) is 11.1 Å². The van der Waals surface area contributed by atoms with Crippen LogP contribution in [0.3, 0.4) is 0 Å². The normalized spacial score (nSPS) is 15.1. The van der Waals surface area contributed by atoms with Crippen LogP contribution in [0.15, 0.2) is 96.4 Å². The summed E-state index contributed by atoms with van der Waals surface area (Å²) in [4.78, 5) is 52.6. The number of ketones is 1. The van der Waals surface area contributed by atoms with Crippen LogP contribution in [-0.4, -0.2) is 36.2 Å². The van der Waals surface area contributed by atoms with Crippen molar-refractivity contribution in [1.29, 1.82) is 0 Å². The zero-order valence-corrected chi connectivity index (χ0v) is 21.1. The Hall–Kier alpha value is -4.40. The molecule has 2 heterocycles. The number of amides is 2. The van der Waals surface area contributed by atoms with Crippen molar-refractivity contribution >= 4 is 40.6 Å². The molecular formula is C30H24N2O5S. The van der Waals surface area contributed by atoms with E-state index in [9.17, 15) is 19.2 Å². The summed E-state index contributed by atoms with van der Waals surface area (Å²) in [5.41, 5.74) is 3.07. The maximum Gasteiger partial charge on any atom is 0.338 e. The molecule has 1 fully saturated rings. The lowest BCUT2D eigenvalue weighted by atomic mass is 10.0. The van der Waals surface area contributed by atoms with Gasteiger partial charge in [0.05, 0.1) is 23.7 Å². The van der Waals surface area contributed by atoms with Gasteiger partial charge < -0.3 is 10.1 Å². The summed E-state index contributed by atoms with van der Waals surface area (Å²) in [6, 6.07) is 26.2. The Bertz CT molecular complexity index is 1450. The molecule has 190 valence electrons. The molecule has 1 N–H and O–H groups in total. The molecule has 7 nitrogen and oxygen atoms in total. The Balaban J connectivity index is 1.15. The van der Waals surface area contributed by atoms with Gasteiger partial charge in [0.25, 0.3) is 5.91 Å². The molecule has 5 rings (SSSR count). The smallest absolute Gasteiger partial charge is 0.338 e. The highest BCUT2D eigenvalue weighted by Gasteiger charge is 2.39. The number of Topliss-reactive ketones (excluding diaryl/α,β-unsaturated/α-hetero) is 1. The number of thiophene rings is 1. The van der Waals surface area contributed by atoms with Crippen LogP contribution in [0.1, 0.15) is 32.0 Å². The summed E-state index contributed by atoms with van der Waals surface area (Å²) in [5, 5.41) is 5.09. The molecule has 0 saturated carbocycles. The van der Waals surface area contributed by atoms with Gasteiger partial charge in [-0.1, -0.05) is 60.7 Å². The van der Waals surface area contributed by atoms with Gasteiger partial charge in [-0.05, 0) is 46.8 Å². The van der Waals surface area contributed by atoms with Crippen LogP contribution < -0.4 is 10.2 Å². The van der Waals surface area contributed by atoms with Gasteiger partial charge in [0.2, 0.25) is 5.91 Å². The van der Waals surface area contributed by atoms with Crippen LogP contribution in [0.25, 0.3) is 11.1 Å². The minimum absolute atomic E-state index is 0.0719. The molecule has 1 aromatic heterocycles. The van der Waals surface area contributed by atoms with E-state index in [4.69, 9.17) is 4.74 Å². The number of carbonyl (C=O) groups is 4. The van der Waals surface area contributed by atoms with Crippen LogP contribution in [0.5, 0.6) is 0 Å². The molecule has 0 radical (unpaired) electrons. The zero-order valence-electron chi connectivity index (χ0n) is 20.3. The highest BCUT2D eigenvalue weighted by atomic mass is 32.1. The van der Waals surface area contributed by atoms with E-state index in [0.717, 1.165) is 20.9 Å². The standard InChI is InChI=1S/C30H24N2O5S/c33-27(22-10-8-21(9-11-22)20-5-2-1-3-6-20)19-37-30(36)23-12-14-24(15-13-23)32-28(34)17-26(29(32)35)31-18-25-7-4-16-38-25/h1-16,26,31H,17-19H2. The topological polar surface area (TPSA) is 92.8 Å². The van der Waals surface area contributed by atoms with Crippen molar-refractivity contribution in [2.45, 2.75) is 19.0 Å². The fraction of sp³-hybridized carbons (Fsp3) is 0.133. The Labute approximate surface area is 223 Å². The third-order valence-electron chi connectivity index (χ3n) is 6.26. The van der Waals surface area contributed by atoms with Gasteiger partial charge >= 0.3 is 5.97 Å². The van der Waals surface area contributed by atoms with Gasteiger partial charge in [0.15, 0.2) is 12.4 Å². The first-order chi connectivity index (χ1) is 18.5. The number of rotatable bonds is 9. The van der Waals surface area contributed by atoms with Gasteiger partial charge in [0.1, 0.15) is 0 Å².